The summed E-state index contributed by atoms with van der Waals surface area (Å²) in [7, 11) is 3.15. The number of methoxy groups -OCH3 is 2. The largest absolute Gasteiger partial charge is 0.493 e. The highest BCUT2D eigenvalue weighted by atomic mass is 35.5. The number of amides is 1. The number of halogens is 1. The first kappa shape index (κ1) is 17.5. The Hall–Kier alpha value is -1.46. The molecule has 1 aromatic rings. The zero-order valence-electron chi connectivity index (χ0n) is 11.4. The summed E-state index contributed by atoms with van der Waals surface area (Å²) in [6.07, 6.45) is 0.312. The molecule has 1 unspecified atom stereocenters. The normalized spacial score (nSPS) is 11.2. The summed E-state index contributed by atoms with van der Waals surface area (Å²) in [5.74, 6) is 1.22. The van der Waals surface area contributed by atoms with Crippen LogP contribution in [0.4, 0.5) is 0 Å². The van der Waals surface area contributed by atoms with Gasteiger partial charge >= 0.3 is 0 Å². The third kappa shape index (κ3) is 5.36. The number of carbonyl (C=O) groups is 1. The van der Waals surface area contributed by atoms with Crippen molar-refractivity contribution in [1.29, 1.82) is 0 Å². The molecule has 0 aliphatic carbocycles. The minimum atomic E-state index is -0.141. The van der Waals surface area contributed by atoms with Crippen molar-refractivity contribution in [3.63, 3.8) is 0 Å². The van der Waals surface area contributed by atoms with Gasteiger partial charge in [0.1, 0.15) is 0 Å². The summed E-state index contributed by atoms with van der Waals surface area (Å²) in [5.41, 5.74) is 6.43. The van der Waals surface area contributed by atoms with Crippen molar-refractivity contribution in [2.24, 2.45) is 5.73 Å². The maximum absolute atomic E-state index is 11.5. The number of hydrogen-bond acceptors (Lipinski definition) is 4. The van der Waals surface area contributed by atoms with Gasteiger partial charge < -0.3 is 20.5 Å². The average molecular weight is 289 g/mol. The van der Waals surface area contributed by atoms with E-state index in [0.717, 1.165) is 5.56 Å². The molecule has 0 fully saturated rings. The number of rotatable bonds is 6. The van der Waals surface area contributed by atoms with E-state index in [4.69, 9.17) is 15.2 Å². The van der Waals surface area contributed by atoms with Crippen molar-refractivity contribution in [2.45, 2.75) is 25.9 Å². The monoisotopic (exact) mass is 288 g/mol. The molecule has 1 atom stereocenters. The number of nitrogens with one attached hydrogen (secondary N) is 1. The Labute approximate surface area is 119 Å². The fraction of sp³-hybridized carbons (Fsp3) is 0.462. The first-order chi connectivity index (χ1) is 8.58. The molecule has 0 saturated carbocycles. The lowest BCUT2D eigenvalue weighted by molar-refractivity contribution is -0.121. The molecule has 108 valence electrons. The predicted octanol–water partition coefficient (Wildman–Crippen LogP) is 1.48. The molecule has 1 rings (SSSR count). The molecule has 0 radical (unpaired) electrons. The molecule has 0 aliphatic heterocycles. The minimum absolute atomic E-state index is 0. The number of nitrogens with two attached hydrogens (primary N) is 1. The summed E-state index contributed by atoms with van der Waals surface area (Å²) in [6.45, 7) is 2.19. The Morgan fingerprint density at radius 1 is 1.37 bits per heavy atom. The predicted molar refractivity (Wildman–Crippen MR) is 76.9 cm³/mol. The van der Waals surface area contributed by atoms with Gasteiger partial charge in [0.2, 0.25) is 5.91 Å². The second-order valence-electron chi connectivity index (χ2n) is 4.11. The number of ether oxygens (including phenoxy) is 2. The van der Waals surface area contributed by atoms with Crippen LogP contribution in [0.1, 0.15) is 18.9 Å². The molecular weight excluding hydrogens is 268 g/mol. The fourth-order valence-corrected chi connectivity index (χ4v) is 1.65. The van der Waals surface area contributed by atoms with Gasteiger partial charge in [0.05, 0.1) is 14.2 Å². The van der Waals surface area contributed by atoms with E-state index in [9.17, 15) is 4.79 Å². The lowest BCUT2D eigenvalue weighted by atomic mass is 10.1. The summed E-state index contributed by atoms with van der Waals surface area (Å²) in [6, 6.07) is 5.41. The second-order valence-corrected chi connectivity index (χ2v) is 4.11. The molecule has 3 N–H and O–H groups in total. The smallest absolute Gasteiger partial charge is 0.221 e. The van der Waals surface area contributed by atoms with Crippen molar-refractivity contribution in [3.8, 4) is 11.5 Å². The SMILES string of the molecule is COc1cccc(CNC(=O)CC(C)N)c1OC.Cl. The number of para-hydroxylation sites is 1. The van der Waals surface area contributed by atoms with Crippen LogP contribution in [-0.4, -0.2) is 26.2 Å². The van der Waals surface area contributed by atoms with Crippen LogP contribution in [0.3, 0.4) is 0 Å². The Kier molecular flexibility index (Phi) is 7.95. The molecular formula is C13H21ClN2O3. The Bertz CT molecular complexity index is 411. The van der Waals surface area contributed by atoms with Gasteiger partial charge in [0, 0.05) is 24.6 Å². The van der Waals surface area contributed by atoms with Crippen LogP contribution in [0.25, 0.3) is 0 Å². The van der Waals surface area contributed by atoms with Crippen molar-refractivity contribution in [2.75, 3.05) is 14.2 Å². The van der Waals surface area contributed by atoms with Crippen molar-refractivity contribution < 1.29 is 14.3 Å². The maximum Gasteiger partial charge on any atom is 0.221 e. The maximum atomic E-state index is 11.5. The van der Waals surface area contributed by atoms with Gasteiger partial charge in [-0.25, -0.2) is 0 Å². The number of carbonyl (C=O) groups excluding carboxylic acids is 1. The van der Waals surface area contributed by atoms with Crippen LogP contribution < -0.4 is 20.5 Å². The van der Waals surface area contributed by atoms with E-state index >= 15 is 0 Å². The third-order valence-electron chi connectivity index (χ3n) is 2.47. The topological polar surface area (TPSA) is 73.6 Å². The van der Waals surface area contributed by atoms with Crippen LogP contribution in [0, 0.1) is 0 Å². The first-order valence-corrected chi connectivity index (χ1v) is 5.80. The standard InChI is InChI=1S/C13H20N2O3.ClH/c1-9(14)7-12(16)15-8-10-5-4-6-11(17-2)13(10)18-3;/h4-6,9H,7-8,14H2,1-3H3,(H,15,16);1H. The van der Waals surface area contributed by atoms with Gasteiger partial charge in [0.15, 0.2) is 11.5 Å². The molecule has 19 heavy (non-hydrogen) atoms. The number of hydrogen-bond donors (Lipinski definition) is 2. The highest BCUT2D eigenvalue weighted by Crippen LogP contribution is 2.30. The zero-order chi connectivity index (χ0) is 13.5. The average Bonchev–Trinajstić information content (AvgIpc) is 2.34. The molecule has 6 heteroatoms. The first-order valence-electron chi connectivity index (χ1n) is 5.80. The molecule has 1 aromatic carbocycles. The quantitative estimate of drug-likeness (QED) is 0.831. The molecule has 0 aliphatic rings. The Morgan fingerprint density at radius 3 is 2.58 bits per heavy atom. The van der Waals surface area contributed by atoms with Crippen LogP contribution in [0.2, 0.25) is 0 Å². The Balaban J connectivity index is 0.00000324. The van der Waals surface area contributed by atoms with Crippen LogP contribution >= 0.6 is 12.4 Å². The van der Waals surface area contributed by atoms with Gasteiger partial charge in [-0.1, -0.05) is 12.1 Å². The highest BCUT2D eigenvalue weighted by molar-refractivity contribution is 5.85. The van der Waals surface area contributed by atoms with E-state index in [1.54, 1.807) is 21.1 Å². The fourth-order valence-electron chi connectivity index (χ4n) is 1.65. The molecule has 0 heterocycles. The van der Waals surface area contributed by atoms with Crippen LogP contribution in [-0.2, 0) is 11.3 Å². The van der Waals surface area contributed by atoms with Gasteiger partial charge in [-0.15, -0.1) is 12.4 Å². The van der Waals surface area contributed by atoms with E-state index in [0.29, 0.717) is 24.5 Å². The molecule has 0 aromatic heterocycles. The second kappa shape index (κ2) is 8.61. The molecule has 0 bridgehead atoms. The van der Waals surface area contributed by atoms with Gasteiger partial charge in [-0.2, -0.15) is 0 Å². The molecule has 0 saturated heterocycles. The Morgan fingerprint density at radius 2 is 2.05 bits per heavy atom. The van der Waals surface area contributed by atoms with E-state index in [1.165, 1.54) is 0 Å². The molecule has 0 spiro atoms. The van der Waals surface area contributed by atoms with Crippen LogP contribution in [0.5, 0.6) is 11.5 Å². The molecule has 5 nitrogen and oxygen atoms in total. The summed E-state index contributed by atoms with van der Waals surface area (Å²) in [5, 5.41) is 2.80. The van der Waals surface area contributed by atoms with Gasteiger partial charge in [-0.3, -0.25) is 4.79 Å². The lowest BCUT2D eigenvalue weighted by Crippen LogP contribution is -2.29. The van der Waals surface area contributed by atoms with Gasteiger partial charge in [0.25, 0.3) is 0 Å². The van der Waals surface area contributed by atoms with E-state index in [1.807, 2.05) is 18.2 Å². The summed E-state index contributed by atoms with van der Waals surface area (Å²) in [4.78, 5) is 11.5. The van der Waals surface area contributed by atoms with Crippen LogP contribution in [0.15, 0.2) is 18.2 Å². The number of benzene rings is 1. The van der Waals surface area contributed by atoms with Gasteiger partial charge in [-0.05, 0) is 13.0 Å². The molecule has 1 amide bonds. The lowest BCUT2D eigenvalue weighted by Gasteiger charge is -2.13. The zero-order valence-corrected chi connectivity index (χ0v) is 12.3. The van der Waals surface area contributed by atoms with Crippen molar-refractivity contribution in [1.82, 2.24) is 5.32 Å². The third-order valence-corrected chi connectivity index (χ3v) is 2.47. The summed E-state index contributed by atoms with van der Waals surface area (Å²) < 4.78 is 10.5. The van der Waals surface area contributed by atoms with Crippen molar-refractivity contribution >= 4 is 18.3 Å². The van der Waals surface area contributed by atoms with E-state index in [-0.39, 0.29) is 24.4 Å². The van der Waals surface area contributed by atoms with Crippen molar-refractivity contribution in [3.05, 3.63) is 23.8 Å². The van der Waals surface area contributed by atoms with E-state index in [2.05, 4.69) is 5.32 Å². The summed E-state index contributed by atoms with van der Waals surface area (Å²) >= 11 is 0. The van der Waals surface area contributed by atoms with E-state index < -0.39 is 0 Å². The minimum Gasteiger partial charge on any atom is -0.493 e. The highest BCUT2D eigenvalue weighted by Gasteiger charge is 2.11.